The molecule has 1 saturated carbocycles. The van der Waals surface area contributed by atoms with E-state index in [-0.39, 0.29) is 18.5 Å². The molecule has 2 aliphatic rings. The third-order valence-corrected chi connectivity index (χ3v) is 5.89. The number of carboxylic acids is 1. The van der Waals surface area contributed by atoms with Crippen molar-refractivity contribution in [2.75, 3.05) is 18.4 Å². The lowest BCUT2D eigenvalue weighted by Gasteiger charge is -2.23. The molecular weight excluding hydrogens is 370 g/mol. The minimum Gasteiger partial charge on any atom is -0.481 e. The van der Waals surface area contributed by atoms with E-state index in [9.17, 15) is 14.7 Å². The first-order chi connectivity index (χ1) is 14.0. The number of hydrogen-bond donors (Lipinski definition) is 2. The molecule has 0 spiro atoms. The summed E-state index contributed by atoms with van der Waals surface area (Å²) in [7, 11) is 0. The maximum Gasteiger partial charge on any atom is 0.321 e. The summed E-state index contributed by atoms with van der Waals surface area (Å²) in [6, 6.07) is 15.6. The third-order valence-electron chi connectivity index (χ3n) is 5.89. The van der Waals surface area contributed by atoms with Crippen molar-refractivity contribution in [3.63, 3.8) is 0 Å². The van der Waals surface area contributed by atoms with Crippen LogP contribution < -0.4 is 10.1 Å². The fraction of sp³-hybridized carbons (Fsp3) is 0.318. The molecule has 0 radical (unpaired) electrons. The van der Waals surface area contributed by atoms with Gasteiger partial charge in [0, 0.05) is 18.8 Å². The number of fused-ring (bicyclic) bond motifs is 1. The normalized spacial score (nSPS) is 22.6. The number of nitriles is 1. The quantitative estimate of drug-likeness (QED) is 0.818. The Hall–Kier alpha value is -3.53. The fourth-order valence-corrected chi connectivity index (χ4v) is 4.37. The van der Waals surface area contributed by atoms with E-state index >= 15 is 0 Å². The molecule has 2 aromatic carbocycles. The van der Waals surface area contributed by atoms with Gasteiger partial charge in [-0.2, -0.15) is 5.26 Å². The summed E-state index contributed by atoms with van der Waals surface area (Å²) in [5.41, 5.74) is 0.336. The number of urea groups is 1. The highest BCUT2D eigenvalue weighted by atomic mass is 16.5. The van der Waals surface area contributed by atoms with Crippen LogP contribution in [0.5, 0.6) is 11.5 Å². The number of carbonyl (C=O) groups is 2. The number of carbonyl (C=O) groups excluding carboxylic acids is 1. The summed E-state index contributed by atoms with van der Waals surface area (Å²) in [4.78, 5) is 26.0. The molecule has 1 saturated heterocycles. The maximum absolute atomic E-state index is 12.6. The highest BCUT2D eigenvalue weighted by molar-refractivity contribution is 5.90. The molecule has 1 heterocycles. The molecular formula is C22H21N3O4. The van der Waals surface area contributed by atoms with E-state index in [0.717, 1.165) is 12.8 Å². The summed E-state index contributed by atoms with van der Waals surface area (Å²) >= 11 is 0. The zero-order chi connectivity index (χ0) is 20.4. The minimum absolute atomic E-state index is 0.0331. The second-order valence-electron chi connectivity index (χ2n) is 7.63. The minimum atomic E-state index is -0.794. The zero-order valence-corrected chi connectivity index (χ0v) is 15.8. The van der Waals surface area contributed by atoms with Gasteiger partial charge in [0.25, 0.3) is 0 Å². The van der Waals surface area contributed by atoms with Gasteiger partial charge in [0.05, 0.1) is 17.0 Å². The fourth-order valence-electron chi connectivity index (χ4n) is 4.37. The molecule has 29 heavy (non-hydrogen) atoms. The number of likely N-dealkylation sites (tertiary alicyclic amines) is 1. The molecule has 7 heteroatoms. The summed E-state index contributed by atoms with van der Waals surface area (Å²) in [6.45, 7) is 0.740. The average Bonchev–Trinajstić information content (AvgIpc) is 3.28. The number of ether oxygens (including phenoxy) is 1. The van der Waals surface area contributed by atoms with Crippen LogP contribution in [0, 0.1) is 22.7 Å². The molecule has 2 amide bonds. The summed E-state index contributed by atoms with van der Waals surface area (Å²) in [5.74, 6) is 0.380. The SMILES string of the molecule is N#Cc1cccc(Oc2ccc(NC(=O)N3C[C@@H]4CCC[C@@]4(C(=O)O)C3)cc2)c1. The van der Waals surface area contributed by atoms with E-state index in [2.05, 4.69) is 11.4 Å². The number of aliphatic carboxylic acids is 1. The van der Waals surface area contributed by atoms with Crippen molar-refractivity contribution in [1.29, 1.82) is 5.26 Å². The molecule has 0 bridgehead atoms. The van der Waals surface area contributed by atoms with Gasteiger partial charge in [-0.1, -0.05) is 12.5 Å². The molecule has 1 aliphatic carbocycles. The highest BCUT2D eigenvalue weighted by Crippen LogP contribution is 2.48. The standard InChI is InChI=1S/C22H21N3O4/c23-12-15-3-1-5-19(11-15)29-18-8-6-17(7-9-18)24-21(28)25-13-16-4-2-10-22(16,14-25)20(26)27/h1,3,5-9,11,16H,2,4,10,13-14H2,(H,24,28)(H,26,27)/t16-,22+/m0/s1. The molecule has 7 nitrogen and oxygen atoms in total. The number of nitrogens with one attached hydrogen (secondary N) is 1. The highest BCUT2D eigenvalue weighted by Gasteiger charge is 2.55. The van der Waals surface area contributed by atoms with E-state index < -0.39 is 11.4 Å². The molecule has 4 rings (SSSR count). The van der Waals surface area contributed by atoms with E-state index in [1.165, 1.54) is 0 Å². The van der Waals surface area contributed by atoms with Crippen molar-refractivity contribution in [2.45, 2.75) is 19.3 Å². The summed E-state index contributed by atoms with van der Waals surface area (Å²) in [6.07, 6.45) is 2.40. The van der Waals surface area contributed by atoms with Crippen LogP contribution in [0.4, 0.5) is 10.5 Å². The van der Waals surface area contributed by atoms with Crippen molar-refractivity contribution < 1.29 is 19.4 Å². The second-order valence-corrected chi connectivity index (χ2v) is 7.63. The third kappa shape index (κ3) is 3.61. The smallest absolute Gasteiger partial charge is 0.321 e. The first kappa shape index (κ1) is 18.8. The number of carboxylic acid groups (broad SMARTS) is 1. The van der Waals surface area contributed by atoms with Crippen LogP contribution in [0.25, 0.3) is 0 Å². The lowest BCUT2D eigenvalue weighted by molar-refractivity contribution is -0.149. The Morgan fingerprint density at radius 2 is 2.00 bits per heavy atom. The molecule has 1 aliphatic heterocycles. The Balaban J connectivity index is 1.38. The molecule has 2 fully saturated rings. The van der Waals surface area contributed by atoms with Gasteiger partial charge in [0.2, 0.25) is 0 Å². The van der Waals surface area contributed by atoms with Crippen LogP contribution >= 0.6 is 0 Å². The zero-order valence-electron chi connectivity index (χ0n) is 15.8. The lowest BCUT2D eigenvalue weighted by atomic mass is 9.81. The Labute approximate surface area is 168 Å². The van der Waals surface area contributed by atoms with Crippen LogP contribution in [0.2, 0.25) is 0 Å². The van der Waals surface area contributed by atoms with Crippen LogP contribution in [0.15, 0.2) is 48.5 Å². The Morgan fingerprint density at radius 1 is 1.21 bits per heavy atom. The van der Waals surface area contributed by atoms with Gasteiger partial charge < -0.3 is 20.1 Å². The predicted molar refractivity (Wildman–Crippen MR) is 106 cm³/mol. The van der Waals surface area contributed by atoms with Gasteiger partial charge in [-0.3, -0.25) is 4.79 Å². The molecule has 2 aromatic rings. The van der Waals surface area contributed by atoms with Crippen molar-refractivity contribution in [3.05, 3.63) is 54.1 Å². The van der Waals surface area contributed by atoms with Crippen LogP contribution in [-0.2, 0) is 4.79 Å². The van der Waals surface area contributed by atoms with Gasteiger partial charge in [-0.15, -0.1) is 0 Å². The number of nitrogens with zero attached hydrogens (tertiary/aromatic N) is 2. The van der Waals surface area contributed by atoms with Gasteiger partial charge >= 0.3 is 12.0 Å². The predicted octanol–water partition coefficient (Wildman–Crippen LogP) is 4.07. The number of anilines is 1. The Kier molecular flexibility index (Phi) is 4.85. The maximum atomic E-state index is 12.6. The van der Waals surface area contributed by atoms with Crippen LogP contribution in [0.3, 0.4) is 0 Å². The van der Waals surface area contributed by atoms with Gasteiger partial charge in [0.15, 0.2) is 0 Å². The van der Waals surface area contributed by atoms with Crippen molar-refractivity contribution in [1.82, 2.24) is 4.90 Å². The summed E-state index contributed by atoms with van der Waals surface area (Å²) in [5, 5.41) is 21.4. The summed E-state index contributed by atoms with van der Waals surface area (Å²) < 4.78 is 5.73. The topological polar surface area (TPSA) is 103 Å². The van der Waals surface area contributed by atoms with Crippen molar-refractivity contribution in [3.8, 4) is 17.6 Å². The van der Waals surface area contributed by atoms with Gasteiger partial charge in [-0.05, 0) is 61.2 Å². The van der Waals surface area contributed by atoms with Gasteiger partial charge in [-0.25, -0.2) is 4.79 Å². The van der Waals surface area contributed by atoms with Crippen molar-refractivity contribution in [2.24, 2.45) is 11.3 Å². The molecule has 148 valence electrons. The lowest BCUT2D eigenvalue weighted by Crippen LogP contribution is -2.38. The molecule has 2 N–H and O–H groups in total. The first-order valence-corrected chi connectivity index (χ1v) is 9.57. The number of rotatable bonds is 4. The Morgan fingerprint density at radius 3 is 2.69 bits per heavy atom. The monoisotopic (exact) mass is 391 g/mol. The average molecular weight is 391 g/mol. The number of hydrogen-bond acceptors (Lipinski definition) is 4. The van der Waals surface area contributed by atoms with E-state index in [1.807, 2.05) is 0 Å². The van der Waals surface area contributed by atoms with E-state index in [4.69, 9.17) is 10.00 Å². The second kappa shape index (κ2) is 7.47. The number of benzene rings is 2. The van der Waals surface area contributed by atoms with Crippen LogP contribution in [0.1, 0.15) is 24.8 Å². The van der Waals surface area contributed by atoms with E-state index in [1.54, 1.807) is 53.4 Å². The molecule has 0 unspecified atom stereocenters. The molecule has 2 atom stereocenters. The van der Waals surface area contributed by atoms with E-state index in [0.29, 0.717) is 35.7 Å². The largest absolute Gasteiger partial charge is 0.481 e. The Bertz CT molecular complexity index is 982. The first-order valence-electron chi connectivity index (χ1n) is 9.57. The van der Waals surface area contributed by atoms with Crippen molar-refractivity contribution >= 4 is 17.7 Å². The van der Waals surface area contributed by atoms with Gasteiger partial charge in [0.1, 0.15) is 11.5 Å². The van der Waals surface area contributed by atoms with Crippen LogP contribution in [-0.4, -0.2) is 35.1 Å². The molecule has 0 aromatic heterocycles. The number of amides is 2.